The van der Waals surface area contributed by atoms with E-state index in [0.717, 1.165) is 4.88 Å². The van der Waals surface area contributed by atoms with Crippen molar-refractivity contribution >= 4 is 24.7 Å². The Morgan fingerprint density at radius 3 is 2.79 bits per heavy atom. The van der Waals surface area contributed by atoms with E-state index in [1.807, 2.05) is 13.0 Å². The van der Waals surface area contributed by atoms with Crippen LogP contribution in [0.4, 0.5) is 0 Å². The van der Waals surface area contributed by atoms with Gasteiger partial charge in [0.05, 0.1) is 0 Å². The quantitative estimate of drug-likeness (QED) is 0.719. The van der Waals surface area contributed by atoms with Gasteiger partial charge >= 0.3 is 7.60 Å². The highest BCUT2D eigenvalue weighted by Gasteiger charge is 2.17. The number of ketones is 1. The van der Waals surface area contributed by atoms with Gasteiger partial charge in [0.2, 0.25) is 0 Å². The number of nitrogens with zero attached hydrogens (tertiary/aromatic N) is 1. The SMILES string of the molecule is COP(C)(=O)OCC(=O)COc1cc(C)sc1C#N. The highest BCUT2D eigenvalue weighted by Crippen LogP contribution is 2.42. The van der Waals surface area contributed by atoms with Gasteiger partial charge in [-0.15, -0.1) is 11.3 Å². The van der Waals surface area contributed by atoms with Crippen molar-refractivity contribution in [3.8, 4) is 11.8 Å². The molecule has 0 saturated carbocycles. The van der Waals surface area contributed by atoms with Crippen molar-refractivity contribution in [2.45, 2.75) is 6.92 Å². The van der Waals surface area contributed by atoms with E-state index in [4.69, 9.17) is 14.5 Å². The molecule has 1 unspecified atom stereocenters. The number of carbonyl (C=O) groups is 1. The number of Topliss-reactive ketones (excluding diaryl/α,β-unsaturated/α-hetero) is 1. The second-order valence-corrected chi connectivity index (χ2v) is 7.14. The van der Waals surface area contributed by atoms with Gasteiger partial charge in [-0.1, -0.05) is 0 Å². The lowest BCUT2D eigenvalue weighted by Crippen LogP contribution is -2.16. The monoisotopic (exact) mass is 303 g/mol. The van der Waals surface area contributed by atoms with Crippen molar-refractivity contribution in [2.24, 2.45) is 0 Å². The zero-order valence-corrected chi connectivity index (χ0v) is 12.5. The van der Waals surface area contributed by atoms with Crippen LogP contribution in [0.5, 0.6) is 5.75 Å². The topological polar surface area (TPSA) is 85.6 Å². The molecule has 0 bridgehead atoms. The molecule has 6 nitrogen and oxygen atoms in total. The summed E-state index contributed by atoms with van der Waals surface area (Å²) < 4.78 is 26.0. The molecule has 1 aromatic rings. The first kappa shape index (κ1) is 15.9. The highest BCUT2D eigenvalue weighted by molar-refractivity contribution is 7.52. The first-order valence-corrected chi connectivity index (χ1v) is 8.11. The maximum absolute atomic E-state index is 11.5. The molecule has 1 atom stereocenters. The molecule has 0 saturated heterocycles. The Kier molecular flexibility index (Phi) is 5.70. The van der Waals surface area contributed by atoms with Crippen LogP contribution >= 0.6 is 18.9 Å². The number of hydrogen-bond donors (Lipinski definition) is 0. The lowest BCUT2D eigenvalue weighted by molar-refractivity contribution is -0.123. The van der Waals surface area contributed by atoms with Gasteiger partial charge < -0.3 is 13.8 Å². The van der Waals surface area contributed by atoms with Crippen molar-refractivity contribution in [1.29, 1.82) is 5.26 Å². The molecule has 0 N–H and O–H groups in total. The molecule has 1 heterocycles. The molecule has 19 heavy (non-hydrogen) atoms. The van der Waals surface area contributed by atoms with Gasteiger partial charge in [-0.3, -0.25) is 9.36 Å². The minimum Gasteiger partial charge on any atom is -0.483 e. The Labute approximate surface area is 115 Å². The van der Waals surface area contributed by atoms with Crippen LogP contribution in [-0.4, -0.2) is 32.8 Å². The Bertz CT molecular complexity index is 548. The van der Waals surface area contributed by atoms with Crippen LogP contribution in [0.1, 0.15) is 9.75 Å². The Morgan fingerprint density at radius 1 is 1.53 bits per heavy atom. The predicted molar refractivity (Wildman–Crippen MR) is 70.8 cm³/mol. The number of nitriles is 1. The summed E-state index contributed by atoms with van der Waals surface area (Å²) in [5.41, 5.74) is 0. The molecular weight excluding hydrogens is 289 g/mol. The number of hydrogen-bond acceptors (Lipinski definition) is 7. The lowest BCUT2D eigenvalue weighted by atomic mass is 10.4. The largest absolute Gasteiger partial charge is 0.483 e. The van der Waals surface area contributed by atoms with E-state index in [9.17, 15) is 9.36 Å². The van der Waals surface area contributed by atoms with Gasteiger partial charge in [0.25, 0.3) is 0 Å². The van der Waals surface area contributed by atoms with Gasteiger partial charge in [-0.2, -0.15) is 5.26 Å². The summed E-state index contributed by atoms with van der Waals surface area (Å²) in [4.78, 5) is 12.8. The van der Waals surface area contributed by atoms with E-state index in [1.165, 1.54) is 25.1 Å². The van der Waals surface area contributed by atoms with Crippen molar-refractivity contribution in [1.82, 2.24) is 0 Å². The smallest absolute Gasteiger partial charge is 0.327 e. The molecule has 104 valence electrons. The summed E-state index contributed by atoms with van der Waals surface area (Å²) in [7, 11) is -1.92. The highest BCUT2D eigenvalue weighted by atomic mass is 32.1. The predicted octanol–water partition coefficient (Wildman–Crippen LogP) is 2.36. The van der Waals surface area contributed by atoms with Crippen LogP contribution in [0.2, 0.25) is 0 Å². The molecule has 0 amide bonds. The van der Waals surface area contributed by atoms with Gasteiger partial charge in [0, 0.05) is 18.7 Å². The molecule has 0 spiro atoms. The van der Waals surface area contributed by atoms with E-state index in [1.54, 1.807) is 6.07 Å². The maximum atomic E-state index is 11.5. The second kappa shape index (κ2) is 6.83. The van der Waals surface area contributed by atoms with Gasteiger partial charge in [0.15, 0.2) is 5.78 Å². The molecule has 0 aliphatic rings. The fourth-order valence-electron chi connectivity index (χ4n) is 1.12. The van der Waals surface area contributed by atoms with Crippen LogP contribution in [0.25, 0.3) is 0 Å². The summed E-state index contributed by atoms with van der Waals surface area (Å²) in [5.74, 6) is -0.00311. The third-order valence-electron chi connectivity index (χ3n) is 2.10. The summed E-state index contributed by atoms with van der Waals surface area (Å²) >= 11 is 1.29. The molecule has 8 heteroatoms. The van der Waals surface area contributed by atoms with Crippen LogP contribution in [0, 0.1) is 18.3 Å². The first-order chi connectivity index (χ1) is 8.88. The zero-order chi connectivity index (χ0) is 14.5. The van der Waals surface area contributed by atoms with E-state index in [-0.39, 0.29) is 19.0 Å². The average Bonchev–Trinajstić information content (AvgIpc) is 2.74. The van der Waals surface area contributed by atoms with Crippen molar-refractivity contribution < 1.29 is 23.1 Å². The summed E-state index contributed by atoms with van der Waals surface area (Å²) in [5, 5.41) is 8.86. The molecule has 0 aromatic carbocycles. The maximum Gasteiger partial charge on any atom is 0.327 e. The minimum atomic E-state index is -3.16. The van der Waals surface area contributed by atoms with Crippen LogP contribution in [0.3, 0.4) is 0 Å². The van der Waals surface area contributed by atoms with Crippen LogP contribution < -0.4 is 4.74 Å². The molecule has 1 aromatic heterocycles. The second-order valence-electron chi connectivity index (χ2n) is 3.72. The third-order valence-corrected chi connectivity index (χ3v) is 4.30. The van der Waals surface area contributed by atoms with Crippen molar-refractivity contribution in [3.05, 3.63) is 15.8 Å². The van der Waals surface area contributed by atoms with Crippen molar-refractivity contribution in [2.75, 3.05) is 27.0 Å². The van der Waals surface area contributed by atoms with Crippen molar-refractivity contribution in [3.63, 3.8) is 0 Å². The fourth-order valence-corrected chi connectivity index (χ4v) is 2.35. The fraction of sp³-hybridized carbons (Fsp3) is 0.455. The number of ether oxygens (including phenoxy) is 1. The molecule has 0 fully saturated rings. The number of rotatable bonds is 7. The average molecular weight is 303 g/mol. The Morgan fingerprint density at radius 2 is 2.21 bits per heavy atom. The summed E-state index contributed by atoms with van der Waals surface area (Å²) in [6.45, 7) is 2.52. The lowest BCUT2D eigenvalue weighted by Gasteiger charge is -2.10. The van der Waals surface area contributed by atoms with Gasteiger partial charge in [-0.25, -0.2) is 0 Å². The Balaban J connectivity index is 2.47. The molecule has 1 rings (SSSR count). The molecule has 0 aliphatic heterocycles. The van der Waals surface area contributed by atoms with Crippen LogP contribution in [0.15, 0.2) is 6.07 Å². The molecule has 0 aliphatic carbocycles. The van der Waals surface area contributed by atoms with Gasteiger partial charge in [-0.05, 0) is 13.0 Å². The molecule has 0 radical (unpaired) electrons. The number of aryl methyl sites for hydroxylation is 1. The molecular formula is C11H14NO5PS. The van der Waals surface area contributed by atoms with Gasteiger partial charge in [0.1, 0.15) is 29.9 Å². The van der Waals surface area contributed by atoms with Crippen LogP contribution in [-0.2, 0) is 18.4 Å². The van der Waals surface area contributed by atoms with E-state index in [2.05, 4.69) is 4.52 Å². The summed E-state index contributed by atoms with van der Waals surface area (Å²) in [6, 6.07) is 3.68. The van der Waals surface area contributed by atoms with E-state index >= 15 is 0 Å². The zero-order valence-electron chi connectivity index (χ0n) is 10.8. The van der Waals surface area contributed by atoms with E-state index < -0.39 is 7.60 Å². The minimum absolute atomic E-state index is 0.242. The van der Waals surface area contributed by atoms with E-state index in [0.29, 0.717) is 10.6 Å². The third kappa shape index (κ3) is 5.13. The number of carbonyl (C=O) groups excluding carboxylic acids is 1. The number of thiophene rings is 1. The normalized spacial score (nSPS) is 13.6. The first-order valence-electron chi connectivity index (χ1n) is 5.31. The summed E-state index contributed by atoms with van der Waals surface area (Å²) in [6.07, 6.45) is 0. The standard InChI is InChI=1S/C11H14NO5PS/c1-8-4-10(11(5-12)19-8)16-6-9(13)7-17-18(3,14)15-2/h4H,6-7H2,1-3H3. The Hall–Kier alpha value is -1.19.